The Morgan fingerprint density at radius 2 is 1.49 bits per heavy atom. The number of carbonyl (C=O) groups is 2. The number of benzene rings is 3. The van der Waals surface area contributed by atoms with E-state index in [2.05, 4.69) is 5.32 Å². The molecule has 1 atom stereocenters. The van der Waals surface area contributed by atoms with Crippen LogP contribution in [0.4, 0.5) is 5.69 Å². The molecule has 1 N–H and O–H groups in total. The van der Waals surface area contributed by atoms with Gasteiger partial charge < -0.3 is 10.2 Å². The summed E-state index contributed by atoms with van der Waals surface area (Å²) in [7, 11) is -4.15. The molecule has 10 heteroatoms. The van der Waals surface area contributed by atoms with Crippen molar-refractivity contribution in [2.45, 2.75) is 64.4 Å². The molecular weight excluding hydrogens is 581 g/mol. The molecule has 0 spiro atoms. The van der Waals surface area contributed by atoms with E-state index in [1.807, 2.05) is 32.9 Å². The van der Waals surface area contributed by atoms with Gasteiger partial charge in [-0.3, -0.25) is 13.9 Å². The van der Waals surface area contributed by atoms with E-state index in [-0.39, 0.29) is 23.3 Å². The first kappa shape index (κ1) is 32.4. The average Bonchev–Trinajstić information content (AvgIpc) is 2.93. The molecule has 0 saturated carbocycles. The fourth-order valence-corrected chi connectivity index (χ4v) is 6.39. The van der Waals surface area contributed by atoms with Gasteiger partial charge in [-0.1, -0.05) is 79.9 Å². The predicted molar refractivity (Wildman–Crippen MR) is 166 cm³/mol. The van der Waals surface area contributed by atoms with Crippen molar-refractivity contribution in [2.24, 2.45) is 0 Å². The maximum absolute atomic E-state index is 14.1. The lowest BCUT2D eigenvalue weighted by Crippen LogP contribution is -2.52. The minimum Gasteiger partial charge on any atom is -0.355 e. The van der Waals surface area contributed by atoms with Crippen LogP contribution in [0.3, 0.4) is 0 Å². The third kappa shape index (κ3) is 7.82. The van der Waals surface area contributed by atoms with E-state index >= 15 is 0 Å². The zero-order valence-corrected chi connectivity index (χ0v) is 26.4. The third-order valence-electron chi connectivity index (χ3n) is 6.86. The van der Waals surface area contributed by atoms with Crippen molar-refractivity contribution >= 4 is 50.7 Å². The smallest absolute Gasteiger partial charge is 0.264 e. The molecule has 0 saturated heterocycles. The normalized spacial score (nSPS) is 12.2. The Bertz CT molecular complexity index is 1440. The van der Waals surface area contributed by atoms with Gasteiger partial charge in [0.15, 0.2) is 0 Å². The zero-order chi connectivity index (χ0) is 30.3. The molecule has 3 aromatic rings. The van der Waals surface area contributed by atoms with Crippen molar-refractivity contribution in [3.63, 3.8) is 0 Å². The summed E-state index contributed by atoms with van der Waals surface area (Å²) in [5, 5.41) is 3.46. The van der Waals surface area contributed by atoms with Gasteiger partial charge in [0.25, 0.3) is 10.0 Å². The second-order valence-electron chi connectivity index (χ2n) is 10.1. The van der Waals surface area contributed by atoms with Crippen LogP contribution in [-0.2, 0) is 26.2 Å². The standard InChI is InChI=1S/C31H37Cl2N3O4S/c1-6-29(31(38)34-7-2)35(19-26-27(32)9-8-10-28(26)33)30(37)20-36(24-15-13-23(14-16-24)21(3)4)41(39,40)25-17-11-22(5)12-18-25/h8-18,21,29H,6-7,19-20H2,1-5H3,(H,34,38)/t29-/m0/s1. The van der Waals surface area contributed by atoms with E-state index in [9.17, 15) is 18.0 Å². The number of nitrogens with zero attached hydrogens (tertiary/aromatic N) is 2. The molecule has 0 fully saturated rings. The van der Waals surface area contributed by atoms with Crippen molar-refractivity contribution in [3.05, 3.63) is 93.5 Å². The predicted octanol–water partition coefficient (Wildman–Crippen LogP) is 6.56. The monoisotopic (exact) mass is 617 g/mol. The Balaban J connectivity index is 2.11. The van der Waals surface area contributed by atoms with E-state index in [1.54, 1.807) is 56.3 Å². The van der Waals surface area contributed by atoms with Gasteiger partial charge in [0, 0.05) is 28.7 Å². The fraction of sp³-hybridized carbons (Fsp3) is 0.355. The molecular formula is C31H37Cl2N3O4S. The molecule has 0 unspecified atom stereocenters. The number of rotatable bonds is 12. The van der Waals surface area contributed by atoms with E-state index in [1.165, 1.54) is 17.0 Å². The molecule has 0 aliphatic rings. The molecule has 7 nitrogen and oxygen atoms in total. The number of aryl methyl sites for hydroxylation is 1. The van der Waals surface area contributed by atoms with Crippen LogP contribution in [0.15, 0.2) is 71.6 Å². The van der Waals surface area contributed by atoms with Crippen LogP contribution in [0.25, 0.3) is 0 Å². The van der Waals surface area contributed by atoms with Crippen LogP contribution in [0.5, 0.6) is 0 Å². The first-order chi connectivity index (χ1) is 19.4. The van der Waals surface area contributed by atoms with Gasteiger partial charge in [0.2, 0.25) is 11.8 Å². The maximum atomic E-state index is 14.1. The van der Waals surface area contributed by atoms with Crippen LogP contribution < -0.4 is 9.62 Å². The number of hydrogen-bond donors (Lipinski definition) is 1. The van der Waals surface area contributed by atoms with Crippen LogP contribution in [-0.4, -0.2) is 44.3 Å². The summed E-state index contributed by atoms with van der Waals surface area (Å²) < 4.78 is 29.1. The minimum atomic E-state index is -4.15. The number of amides is 2. The lowest BCUT2D eigenvalue weighted by molar-refractivity contribution is -0.140. The molecule has 41 heavy (non-hydrogen) atoms. The van der Waals surface area contributed by atoms with Crippen molar-refractivity contribution in [1.82, 2.24) is 10.2 Å². The van der Waals surface area contributed by atoms with Crippen molar-refractivity contribution < 1.29 is 18.0 Å². The number of likely N-dealkylation sites (N-methyl/N-ethyl adjacent to an activating group) is 1. The molecule has 220 valence electrons. The number of hydrogen-bond acceptors (Lipinski definition) is 4. The molecule has 0 radical (unpaired) electrons. The summed E-state index contributed by atoms with van der Waals surface area (Å²) in [5.41, 5.74) is 2.75. The molecule has 0 aromatic heterocycles. The lowest BCUT2D eigenvalue weighted by Gasteiger charge is -2.33. The highest BCUT2D eigenvalue weighted by Gasteiger charge is 2.34. The number of nitrogens with one attached hydrogen (secondary N) is 1. The summed E-state index contributed by atoms with van der Waals surface area (Å²) in [6, 6.07) is 17.7. The van der Waals surface area contributed by atoms with Gasteiger partial charge in [-0.2, -0.15) is 0 Å². The highest BCUT2D eigenvalue weighted by atomic mass is 35.5. The summed E-state index contributed by atoms with van der Waals surface area (Å²) in [6.07, 6.45) is 0.299. The minimum absolute atomic E-state index is 0.0558. The van der Waals surface area contributed by atoms with Crippen molar-refractivity contribution in [2.75, 3.05) is 17.4 Å². The Morgan fingerprint density at radius 3 is 2.00 bits per heavy atom. The first-order valence-electron chi connectivity index (χ1n) is 13.6. The van der Waals surface area contributed by atoms with Crippen LogP contribution in [0, 0.1) is 6.92 Å². The van der Waals surface area contributed by atoms with Gasteiger partial charge in [0.05, 0.1) is 10.6 Å². The number of sulfonamides is 1. The largest absolute Gasteiger partial charge is 0.355 e. The fourth-order valence-electron chi connectivity index (χ4n) is 4.46. The summed E-state index contributed by atoms with van der Waals surface area (Å²) >= 11 is 12.9. The quantitative estimate of drug-likeness (QED) is 0.249. The van der Waals surface area contributed by atoms with Crippen LogP contribution >= 0.6 is 23.2 Å². The van der Waals surface area contributed by atoms with Crippen LogP contribution in [0.1, 0.15) is 56.7 Å². The van der Waals surface area contributed by atoms with Crippen molar-refractivity contribution in [3.8, 4) is 0 Å². The summed E-state index contributed by atoms with van der Waals surface area (Å²) in [6.45, 7) is 9.31. The molecule has 0 aliphatic carbocycles. The van der Waals surface area contributed by atoms with Gasteiger partial charge in [-0.25, -0.2) is 8.42 Å². The summed E-state index contributed by atoms with van der Waals surface area (Å²) in [5.74, 6) is -0.672. The van der Waals surface area contributed by atoms with Crippen LogP contribution in [0.2, 0.25) is 10.0 Å². The summed E-state index contributed by atoms with van der Waals surface area (Å²) in [4.78, 5) is 28.6. The topological polar surface area (TPSA) is 86.8 Å². The Labute approximate surface area is 253 Å². The highest BCUT2D eigenvalue weighted by molar-refractivity contribution is 7.92. The number of carbonyl (C=O) groups excluding carboxylic acids is 2. The number of halogens is 2. The highest BCUT2D eigenvalue weighted by Crippen LogP contribution is 2.29. The van der Waals surface area contributed by atoms with E-state index in [0.29, 0.717) is 34.3 Å². The zero-order valence-electron chi connectivity index (χ0n) is 24.0. The number of anilines is 1. The Morgan fingerprint density at radius 1 is 0.902 bits per heavy atom. The Hall–Kier alpha value is -3.07. The molecule has 3 rings (SSSR count). The molecule has 3 aromatic carbocycles. The molecule has 0 heterocycles. The van der Waals surface area contributed by atoms with Gasteiger partial charge in [-0.05, 0) is 68.1 Å². The van der Waals surface area contributed by atoms with Gasteiger partial charge in [0.1, 0.15) is 12.6 Å². The van der Waals surface area contributed by atoms with E-state index < -0.39 is 28.5 Å². The van der Waals surface area contributed by atoms with E-state index in [4.69, 9.17) is 23.2 Å². The van der Waals surface area contributed by atoms with Gasteiger partial charge in [-0.15, -0.1) is 0 Å². The Kier molecular flexibility index (Phi) is 11.2. The third-order valence-corrected chi connectivity index (χ3v) is 9.36. The molecule has 0 bridgehead atoms. The molecule has 2 amide bonds. The first-order valence-corrected chi connectivity index (χ1v) is 15.8. The second kappa shape index (κ2) is 14.2. The average molecular weight is 619 g/mol. The van der Waals surface area contributed by atoms with Gasteiger partial charge >= 0.3 is 0 Å². The van der Waals surface area contributed by atoms with Crippen molar-refractivity contribution in [1.29, 1.82) is 0 Å². The van der Waals surface area contributed by atoms with E-state index in [0.717, 1.165) is 15.4 Å². The maximum Gasteiger partial charge on any atom is 0.264 e. The SMILES string of the molecule is CCNC(=O)[C@H](CC)N(Cc1c(Cl)cccc1Cl)C(=O)CN(c1ccc(C(C)C)cc1)S(=O)(=O)c1ccc(C)cc1. The molecule has 0 aliphatic heterocycles. The lowest BCUT2D eigenvalue weighted by atomic mass is 10.0. The second-order valence-corrected chi connectivity index (χ2v) is 12.8.